The zero-order chi connectivity index (χ0) is 32.5. The molecule has 0 unspecified atom stereocenters. The third-order valence-electron chi connectivity index (χ3n) is 8.52. The molecule has 2 N–H and O–H groups in total. The first-order valence-electron chi connectivity index (χ1n) is 16.7. The van der Waals surface area contributed by atoms with Crippen molar-refractivity contribution >= 4 is 27.5 Å². The number of anilines is 1. The van der Waals surface area contributed by atoms with Crippen molar-refractivity contribution in [3.05, 3.63) is 58.3 Å². The summed E-state index contributed by atoms with van der Waals surface area (Å²) in [4.78, 5) is 26.6. The maximum atomic E-state index is 15.0. The first-order valence-corrected chi connectivity index (χ1v) is 14.2. The zero-order valence-electron chi connectivity index (χ0n) is 27.7. The number of likely N-dealkylation sites (N-methyl/N-ethyl adjacent to an activating group) is 1. The second kappa shape index (κ2) is 10.3. The number of hydrogen-bond donors (Lipinski definition) is 2. The molecule has 7 rings (SSSR count). The number of halogens is 1. The maximum absolute atomic E-state index is 15.0. The normalized spacial score (nSPS) is 25.2. The van der Waals surface area contributed by atoms with E-state index >= 15 is 0 Å². The van der Waals surface area contributed by atoms with Gasteiger partial charge in [0.05, 0.1) is 13.8 Å². The molecule has 214 valence electrons. The van der Waals surface area contributed by atoms with Crippen molar-refractivity contribution in [3.63, 3.8) is 0 Å². The standard InChI is InChI=1S/C31H35FN6O3/c1-3-23-25(32)9-6-18-13-22(39)14-26(27(18)23)38-12-10-24-28(30(38)40)34-31(41-17-21-5-4-11-36(21)2)35-29(24)37-15-19-7-8-20(16-37)33-19/h6,9-10,12-14,19-21,33,39H,3-5,7-8,11,15-17H2,1-2H3/t19-,20+,21-/m0/s1/i2D3,17D2. The molecule has 2 bridgehead atoms. The van der Waals surface area contributed by atoms with Crippen LogP contribution in [0.15, 0.2) is 41.3 Å². The van der Waals surface area contributed by atoms with E-state index in [0.717, 1.165) is 17.7 Å². The molecular formula is C31H35FN6O3. The number of aryl methyl sites for hydroxylation is 1. The molecule has 0 amide bonds. The van der Waals surface area contributed by atoms with E-state index in [1.807, 2.05) is 11.8 Å². The summed E-state index contributed by atoms with van der Waals surface area (Å²) < 4.78 is 63.3. The summed E-state index contributed by atoms with van der Waals surface area (Å²) in [5.74, 6) is -0.112. The zero-order valence-corrected chi connectivity index (χ0v) is 22.7. The Kier molecular flexibility index (Phi) is 5.26. The minimum absolute atomic E-state index is 0.0470. The van der Waals surface area contributed by atoms with Crippen LogP contribution in [0.2, 0.25) is 0 Å². The van der Waals surface area contributed by atoms with Gasteiger partial charge in [-0.2, -0.15) is 9.97 Å². The third kappa shape index (κ3) is 4.59. The summed E-state index contributed by atoms with van der Waals surface area (Å²) in [6.45, 7) is -1.76. The SMILES string of the molecule is [2H]C([2H])(Oc1nc(N2C[C@H]3CC[C@@H](C2)N3)c2ccn(-c3cc(O)cc4ccc(F)c(CC)c34)c(=O)c2n1)[C@@H]1CCCN1C([2H])([2H])[2H]. The van der Waals surface area contributed by atoms with E-state index in [1.165, 1.54) is 22.8 Å². The highest BCUT2D eigenvalue weighted by molar-refractivity contribution is 5.95. The molecule has 41 heavy (non-hydrogen) atoms. The van der Waals surface area contributed by atoms with Crippen LogP contribution in [0.25, 0.3) is 27.4 Å². The Morgan fingerprint density at radius 1 is 1.20 bits per heavy atom. The lowest BCUT2D eigenvalue weighted by Gasteiger charge is -2.34. The third-order valence-corrected chi connectivity index (χ3v) is 8.52. The number of pyridine rings is 1. The maximum Gasteiger partial charge on any atom is 0.319 e. The van der Waals surface area contributed by atoms with E-state index in [1.54, 1.807) is 18.3 Å². The fourth-order valence-electron chi connectivity index (χ4n) is 6.55. The second-order valence-corrected chi connectivity index (χ2v) is 11.1. The molecule has 4 aromatic rings. The topological polar surface area (TPSA) is 95.8 Å². The van der Waals surface area contributed by atoms with Crippen LogP contribution in [0.1, 0.15) is 45.0 Å². The molecule has 2 aromatic heterocycles. The van der Waals surface area contributed by atoms with Crippen molar-refractivity contribution in [2.24, 2.45) is 0 Å². The van der Waals surface area contributed by atoms with E-state index in [-0.39, 0.29) is 48.0 Å². The van der Waals surface area contributed by atoms with Gasteiger partial charge in [-0.3, -0.25) is 9.36 Å². The van der Waals surface area contributed by atoms with E-state index in [2.05, 4.69) is 15.3 Å². The largest absolute Gasteiger partial charge is 0.508 e. The number of benzene rings is 2. The number of hydrogen-bond acceptors (Lipinski definition) is 8. The predicted octanol–water partition coefficient (Wildman–Crippen LogP) is 3.75. The van der Waals surface area contributed by atoms with Gasteiger partial charge in [0, 0.05) is 53.0 Å². The molecule has 5 heterocycles. The van der Waals surface area contributed by atoms with Crippen LogP contribution in [0.3, 0.4) is 0 Å². The summed E-state index contributed by atoms with van der Waals surface area (Å²) in [6, 6.07) is 6.51. The number of aromatic hydroxyl groups is 1. The summed E-state index contributed by atoms with van der Waals surface area (Å²) in [5.41, 5.74) is 0.0320. The van der Waals surface area contributed by atoms with Gasteiger partial charge in [-0.15, -0.1) is 0 Å². The first kappa shape index (κ1) is 21.0. The van der Waals surface area contributed by atoms with Crippen LogP contribution in [0.4, 0.5) is 10.2 Å². The van der Waals surface area contributed by atoms with Gasteiger partial charge in [0.15, 0.2) is 0 Å². The Hall–Kier alpha value is -3.76. The highest BCUT2D eigenvalue weighted by Crippen LogP contribution is 2.34. The highest BCUT2D eigenvalue weighted by atomic mass is 19.1. The Morgan fingerprint density at radius 3 is 2.80 bits per heavy atom. The van der Waals surface area contributed by atoms with Crippen molar-refractivity contribution in [3.8, 4) is 17.4 Å². The fourth-order valence-corrected chi connectivity index (χ4v) is 6.55. The number of rotatable bonds is 6. The van der Waals surface area contributed by atoms with Gasteiger partial charge in [0.1, 0.15) is 29.5 Å². The summed E-state index contributed by atoms with van der Waals surface area (Å²) in [6.07, 6.45) is 4.65. The number of phenols is 1. The molecule has 9 nitrogen and oxygen atoms in total. The van der Waals surface area contributed by atoms with Gasteiger partial charge in [-0.05, 0) is 74.8 Å². The van der Waals surface area contributed by atoms with Gasteiger partial charge >= 0.3 is 6.01 Å². The van der Waals surface area contributed by atoms with Gasteiger partial charge in [-0.1, -0.05) is 13.0 Å². The van der Waals surface area contributed by atoms with Gasteiger partial charge < -0.3 is 25.0 Å². The number of piperazine rings is 1. The Bertz CT molecular complexity index is 1890. The second-order valence-electron chi connectivity index (χ2n) is 11.1. The molecule has 0 aliphatic carbocycles. The van der Waals surface area contributed by atoms with Crippen molar-refractivity contribution in [1.29, 1.82) is 0 Å². The van der Waals surface area contributed by atoms with E-state index in [4.69, 9.17) is 11.6 Å². The minimum atomic E-state index is -2.51. The summed E-state index contributed by atoms with van der Waals surface area (Å²) in [5, 5.41) is 15.6. The smallest absolute Gasteiger partial charge is 0.319 e. The molecule has 3 atom stereocenters. The van der Waals surface area contributed by atoms with Crippen LogP contribution >= 0.6 is 0 Å². The Morgan fingerprint density at radius 2 is 2.02 bits per heavy atom. The van der Waals surface area contributed by atoms with E-state index in [9.17, 15) is 14.3 Å². The molecule has 3 saturated heterocycles. The van der Waals surface area contributed by atoms with E-state index < -0.39 is 31.0 Å². The molecule has 3 aliphatic rings. The quantitative estimate of drug-likeness (QED) is 0.366. The van der Waals surface area contributed by atoms with Crippen LogP contribution < -0.4 is 20.5 Å². The van der Waals surface area contributed by atoms with Crippen LogP contribution in [-0.4, -0.2) is 75.8 Å². The van der Waals surface area contributed by atoms with Gasteiger partial charge in [0.2, 0.25) is 0 Å². The lowest BCUT2D eigenvalue weighted by Crippen LogP contribution is -2.51. The van der Waals surface area contributed by atoms with Gasteiger partial charge in [-0.25, -0.2) is 4.39 Å². The predicted molar refractivity (Wildman–Crippen MR) is 157 cm³/mol. The highest BCUT2D eigenvalue weighted by Gasteiger charge is 2.34. The average Bonchev–Trinajstić information content (AvgIpc) is 3.64. The molecular weight excluding hydrogens is 523 g/mol. The number of fused-ring (bicyclic) bond motifs is 4. The minimum Gasteiger partial charge on any atom is -0.508 e. The number of nitrogens with zero attached hydrogens (tertiary/aromatic N) is 5. The molecule has 0 spiro atoms. The molecule has 2 aromatic carbocycles. The number of aromatic nitrogens is 3. The van der Waals surface area contributed by atoms with Crippen molar-refractivity contribution in [1.82, 2.24) is 24.8 Å². The van der Waals surface area contributed by atoms with Crippen molar-refractivity contribution in [2.45, 2.75) is 57.2 Å². The molecule has 0 saturated carbocycles. The first-order chi connectivity index (χ1) is 21.8. The Balaban J connectivity index is 1.40. The average molecular weight is 564 g/mol. The lowest BCUT2D eigenvalue weighted by molar-refractivity contribution is 0.188. The van der Waals surface area contributed by atoms with Crippen molar-refractivity contribution in [2.75, 3.05) is 38.1 Å². The number of likely N-dealkylation sites (tertiary alicyclic amines) is 1. The lowest BCUT2D eigenvalue weighted by atomic mass is 9.99. The fraction of sp³-hybridized carbons (Fsp3) is 0.452. The van der Waals surface area contributed by atoms with Crippen LogP contribution in [0, 0.1) is 5.82 Å². The van der Waals surface area contributed by atoms with Gasteiger partial charge in [0.25, 0.3) is 5.56 Å². The molecule has 10 heteroatoms. The molecule has 3 aliphatic heterocycles. The molecule has 3 fully saturated rings. The monoisotopic (exact) mass is 563 g/mol. The summed E-state index contributed by atoms with van der Waals surface area (Å²) >= 11 is 0. The van der Waals surface area contributed by atoms with Crippen LogP contribution in [-0.2, 0) is 6.42 Å². The summed E-state index contributed by atoms with van der Waals surface area (Å²) in [7, 11) is 0. The Labute approximate surface area is 244 Å². The number of nitrogens with one attached hydrogen (secondary N) is 1. The van der Waals surface area contributed by atoms with E-state index in [0.29, 0.717) is 53.5 Å². The van der Waals surface area contributed by atoms with Crippen LogP contribution in [0.5, 0.6) is 11.8 Å². The van der Waals surface area contributed by atoms with Crippen molar-refractivity contribution < 1.29 is 21.1 Å². The number of phenolic OH excluding ortho intramolecular Hbond substituents is 1. The number of ether oxygens (including phenoxy) is 1. The molecule has 0 radical (unpaired) electrons.